The zero-order chi connectivity index (χ0) is 17.9. The molecule has 0 spiro atoms. The smallest absolute Gasteiger partial charge is 0.291 e. The number of rotatable bonds is 5. The first-order valence-electron chi connectivity index (χ1n) is 7.76. The van der Waals surface area contributed by atoms with Gasteiger partial charge in [-0.15, -0.1) is 12.4 Å². The van der Waals surface area contributed by atoms with Crippen molar-refractivity contribution in [3.63, 3.8) is 0 Å². The largest absolute Gasteiger partial charge is 0.459 e. The monoisotopic (exact) mass is 385 g/mol. The molecular weight excluding hydrogens is 368 g/mol. The van der Waals surface area contributed by atoms with Gasteiger partial charge in [0.1, 0.15) is 0 Å². The van der Waals surface area contributed by atoms with Crippen molar-refractivity contribution in [3.8, 4) is 0 Å². The predicted molar refractivity (Wildman–Crippen MR) is 93.6 cm³/mol. The first-order valence-corrected chi connectivity index (χ1v) is 7.76. The first-order chi connectivity index (χ1) is 11.9. The minimum absolute atomic E-state index is 0. The summed E-state index contributed by atoms with van der Waals surface area (Å²) in [6.07, 6.45) is 0.923. The van der Waals surface area contributed by atoms with E-state index in [-0.39, 0.29) is 30.6 Å². The molecule has 0 radical (unpaired) electrons. The molecule has 9 heteroatoms. The number of halogens is 3. The van der Waals surface area contributed by atoms with Crippen LogP contribution < -0.4 is 16.0 Å². The van der Waals surface area contributed by atoms with Crippen LogP contribution in [0, 0.1) is 0 Å². The van der Waals surface area contributed by atoms with E-state index < -0.39 is 30.8 Å². The van der Waals surface area contributed by atoms with Gasteiger partial charge >= 0.3 is 0 Å². The fourth-order valence-corrected chi connectivity index (χ4v) is 2.52. The summed E-state index contributed by atoms with van der Waals surface area (Å²) in [5, 5.41) is 7.81. The van der Waals surface area contributed by atoms with Gasteiger partial charge in [0.2, 0.25) is 5.91 Å². The summed E-state index contributed by atoms with van der Waals surface area (Å²) < 4.78 is 31.2. The van der Waals surface area contributed by atoms with Crippen molar-refractivity contribution in [2.45, 2.75) is 24.9 Å². The third-order valence-corrected chi connectivity index (χ3v) is 3.85. The maximum absolute atomic E-state index is 13.1. The van der Waals surface area contributed by atoms with Crippen molar-refractivity contribution in [2.75, 3.05) is 11.9 Å². The van der Waals surface area contributed by atoms with Crippen LogP contribution in [0.4, 0.5) is 14.5 Å². The second kappa shape index (κ2) is 8.29. The highest BCUT2D eigenvalue weighted by molar-refractivity contribution is 6.02. The van der Waals surface area contributed by atoms with Gasteiger partial charge in [0.25, 0.3) is 11.8 Å². The highest BCUT2D eigenvalue weighted by Gasteiger charge is 2.42. The fraction of sp³-hybridized carbons (Fsp3) is 0.294. The summed E-state index contributed by atoms with van der Waals surface area (Å²) in [4.78, 5) is 23.7. The van der Waals surface area contributed by atoms with Crippen molar-refractivity contribution >= 4 is 29.9 Å². The number of nitrogens with one attached hydrogen (secondary N) is 3. The number of carbonyl (C=O) groups excluding carboxylic acids is 2. The maximum Gasteiger partial charge on any atom is 0.291 e. The molecular formula is C17H18ClF2N3O3. The lowest BCUT2D eigenvalue weighted by atomic mass is 10.1. The molecule has 1 atom stereocenters. The molecule has 6 nitrogen and oxygen atoms in total. The Morgan fingerprint density at radius 1 is 1.23 bits per heavy atom. The van der Waals surface area contributed by atoms with E-state index in [0.29, 0.717) is 5.69 Å². The summed E-state index contributed by atoms with van der Waals surface area (Å²) in [6.45, 7) is -0.260. The minimum atomic E-state index is -2.84. The molecule has 1 aliphatic heterocycles. The Morgan fingerprint density at radius 3 is 2.54 bits per heavy atom. The highest BCUT2D eigenvalue weighted by Crippen LogP contribution is 2.25. The lowest BCUT2D eigenvalue weighted by Crippen LogP contribution is -2.40. The van der Waals surface area contributed by atoms with Crippen LogP contribution >= 0.6 is 12.4 Å². The van der Waals surface area contributed by atoms with E-state index in [1.807, 2.05) is 0 Å². The maximum atomic E-state index is 13.1. The zero-order valence-electron chi connectivity index (χ0n) is 13.6. The van der Waals surface area contributed by atoms with E-state index in [1.54, 1.807) is 36.4 Å². The average Bonchev–Trinajstić information content (AvgIpc) is 3.23. The number of furan rings is 1. The van der Waals surface area contributed by atoms with Gasteiger partial charge in [-0.25, -0.2) is 8.78 Å². The molecule has 26 heavy (non-hydrogen) atoms. The Balaban J connectivity index is 0.00000243. The fourth-order valence-electron chi connectivity index (χ4n) is 2.52. The lowest BCUT2D eigenvalue weighted by molar-refractivity contribution is -0.123. The number of benzene rings is 1. The SMILES string of the molecule is Cl.O=C(Nc1ccc(CNC(=O)C2CC(F)(F)CN2)cc1)c1ccco1. The molecule has 0 aliphatic carbocycles. The summed E-state index contributed by atoms with van der Waals surface area (Å²) >= 11 is 0. The summed E-state index contributed by atoms with van der Waals surface area (Å²) in [6, 6.07) is 9.13. The molecule has 0 saturated carbocycles. The van der Waals surface area contributed by atoms with E-state index in [1.165, 1.54) is 6.26 Å². The van der Waals surface area contributed by atoms with Gasteiger partial charge < -0.3 is 15.1 Å². The standard InChI is InChI=1S/C17H17F2N3O3.ClH/c18-17(19)8-13(21-10-17)15(23)20-9-11-3-5-12(6-4-11)22-16(24)14-2-1-7-25-14;/h1-7,13,21H,8-10H2,(H,20,23)(H,22,24);1H. The molecule has 3 N–H and O–H groups in total. The first kappa shape index (κ1) is 19.9. The molecule has 2 heterocycles. The van der Waals surface area contributed by atoms with Crippen LogP contribution in [0.5, 0.6) is 0 Å². The van der Waals surface area contributed by atoms with Crippen molar-refractivity contribution < 1.29 is 22.8 Å². The molecule has 140 valence electrons. The van der Waals surface area contributed by atoms with E-state index in [2.05, 4.69) is 16.0 Å². The van der Waals surface area contributed by atoms with E-state index >= 15 is 0 Å². The molecule has 0 bridgehead atoms. The molecule has 3 rings (SSSR count). The van der Waals surface area contributed by atoms with E-state index in [9.17, 15) is 18.4 Å². The molecule has 1 aliphatic rings. The summed E-state index contributed by atoms with van der Waals surface area (Å²) in [5.74, 6) is -3.44. The third-order valence-electron chi connectivity index (χ3n) is 3.85. The van der Waals surface area contributed by atoms with Crippen molar-refractivity contribution in [2.24, 2.45) is 0 Å². The predicted octanol–water partition coefficient (Wildman–Crippen LogP) is 2.57. The molecule has 2 aromatic rings. The van der Waals surface area contributed by atoms with Gasteiger partial charge in [0.05, 0.1) is 18.8 Å². The van der Waals surface area contributed by atoms with Gasteiger partial charge in [-0.2, -0.15) is 0 Å². The van der Waals surface area contributed by atoms with E-state index in [0.717, 1.165) is 5.56 Å². The Labute approximate surface area is 154 Å². The molecule has 1 aromatic heterocycles. The Hall–Kier alpha value is -2.45. The Kier molecular flexibility index (Phi) is 6.33. The summed E-state index contributed by atoms with van der Waals surface area (Å²) in [5.41, 5.74) is 1.36. The van der Waals surface area contributed by atoms with Gasteiger partial charge in [-0.05, 0) is 29.8 Å². The van der Waals surface area contributed by atoms with Crippen LogP contribution in [0.15, 0.2) is 47.1 Å². The normalized spacial score (nSPS) is 18.0. The zero-order valence-corrected chi connectivity index (χ0v) is 14.4. The molecule has 1 aromatic carbocycles. The second-order valence-corrected chi connectivity index (χ2v) is 5.84. The summed E-state index contributed by atoms with van der Waals surface area (Å²) in [7, 11) is 0. The van der Waals surface area contributed by atoms with Crippen molar-refractivity contribution in [3.05, 3.63) is 54.0 Å². The van der Waals surface area contributed by atoms with Gasteiger partial charge in [-0.1, -0.05) is 12.1 Å². The van der Waals surface area contributed by atoms with Crippen LogP contribution in [-0.2, 0) is 11.3 Å². The lowest BCUT2D eigenvalue weighted by Gasteiger charge is -2.11. The molecule has 1 unspecified atom stereocenters. The van der Waals surface area contributed by atoms with Crippen molar-refractivity contribution in [1.29, 1.82) is 0 Å². The number of amides is 2. The van der Waals surface area contributed by atoms with Crippen LogP contribution in [0.25, 0.3) is 0 Å². The number of anilines is 1. The van der Waals surface area contributed by atoms with Gasteiger partial charge in [0, 0.05) is 18.7 Å². The van der Waals surface area contributed by atoms with Gasteiger partial charge in [0.15, 0.2) is 5.76 Å². The number of alkyl halides is 2. The number of hydrogen-bond acceptors (Lipinski definition) is 4. The third kappa shape index (κ3) is 5.03. The van der Waals surface area contributed by atoms with Crippen LogP contribution in [-0.4, -0.2) is 30.3 Å². The van der Waals surface area contributed by atoms with Crippen LogP contribution in [0.2, 0.25) is 0 Å². The highest BCUT2D eigenvalue weighted by atomic mass is 35.5. The van der Waals surface area contributed by atoms with Crippen molar-refractivity contribution in [1.82, 2.24) is 10.6 Å². The molecule has 1 fully saturated rings. The second-order valence-electron chi connectivity index (χ2n) is 5.84. The topological polar surface area (TPSA) is 83.4 Å². The quantitative estimate of drug-likeness (QED) is 0.738. The Morgan fingerprint density at radius 2 is 1.96 bits per heavy atom. The average molecular weight is 386 g/mol. The minimum Gasteiger partial charge on any atom is -0.459 e. The number of carbonyl (C=O) groups is 2. The molecule has 2 amide bonds. The van der Waals surface area contributed by atoms with E-state index in [4.69, 9.17) is 4.42 Å². The van der Waals surface area contributed by atoms with Crippen LogP contribution in [0.1, 0.15) is 22.5 Å². The molecule has 1 saturated heterocycles. The number of hydrogen-bond donors (Lipinski definition) is 3. The van der Waals surface area contributed by atoms with Crippen LogP contribution in [0.3, 0.4) is 0 Å². The Bertz CT molecular complexity index is 751. The van der Waals surface area contributed by atoms with Gasteiger partial charge in [-0.3, -0.25) is 14.9 Å².